The average Bonchev–Trinajstić information content (AvgIpc) is 2.68. The van der Waals surface area contributed by atoms with Crippen LogP contribution in [0.1, 0.15) is 30.5 Å². The van der Waals surface area contributed by atoms with E-state index in [1.54, 1.807) is 5.56 Å². The molecule has 1 aromatic rings. The van der Waals surface area contributed by atoms with Crippen LogP contribution in [0.25, 0.3) is 0 Å². The molecule has 0 saturated carbocycles. The maximum absolute atomic E-state index is 3.68. The van der Waals surface area contributed by atoms with E-state index in [-0.39, 0.29) is 0 Å². The van der Waals surface area contributed by atoms with E-state index in [2.05, 4.69) is 51.3 Å². The molecule has 1 aromatic carbocycles. The first-order chi connectivity index (χ1) is 8.31. The number of fused-ring (bicyclic) bond motifs is 1. The van der Waals surface area contributed by atoms with Gasteiger partial charge in [0.1, 0.15) is 0 Å². The minimum absolute atomic E-state index is 0.639. The number of likely N-dealkylation sites (N-methyl/N-ethyl adjacent to an activating group) is 1. The van der Waals surface area contributed by atoms with Gasteiger partial charge in [-0.15, -0.1) is 0 Å². The van der Waals surface area contributed by atoms with Crippen LogP contribution >= 0.6 is 15.9 Å². The number of rotatable bonds is 3. The van der Waals surface area contributed by atoms with Crippen molar-refractivity contribution in [2.24, 2.45) is 0 Å². The lowest BCUT2D eigenvalue weighted by molar-refractivity contribution is 0.101. The van der Waals surface area contributed by atoms with E-state index in [0.29, 0.717) is 6.04 Å². The predicted octanol–water partition coefficient (Wildman–Crippen LogP) is 2.73. The zero-order valence-corrected chi connectivity index (χ0v) is 11.8. The van der Waals surface area contributed by atoms with E-state index in [1.807, 2.05) is 0 Å². The highest BCUT2D eigenvalue weighted by Crippen LogP contribution is 2.40. The third-order valence-corrected chi connectivity index (χ3v) is 4.92. The second-order valence-corrected chi connectivity index (χ2v) is 5.86. The van der Waals surface area contributed by atoms with Crippen molar-refractivity contribution >= 4 is 15.9 Å². The first kappa shape index (κ1) is 11.7. The minimum atomic E-state index is 0.639. The number of hydrogen-bond donors (Lipinski definition) is 1. The van der Waals surface area contributed by atoms with Crippen LogP contribution < -0.4 is 5.32 Å². The Kier molecular flexibility index (Phi) is 3.24. The average molecular weight is 295 g/mol. The Balaban J connectivity index is 1.89. The summed E-state index contributed by atoms with van der Waals surface area (Å²) >= 11 is 3.68. The summed E-state index contributed by atoms with van der Waals surface area (Å²) in [5.41, 5.74) is 3.08. The van der Waals surface area contributed by atoms with Gasteiger partial charge in [0.25, 0.3) is 0 Å². The summed E-state index contributed by atoms with van der Waals surface area (Å²) in [7, 11) is 0. The van der Waals surface area contributed by atoms with Gasteiger partial charge in [-0.25, -0.2) is 0 Å². The molecule has 1 aliphatic heterocycles. The second-order valence-electron chi connectivity index (χ2n) is 5.00. The molecule has 1 heterocycles. The zero-order chi connectivity index (χ0) is 11.8. The lowest BCUT2D eigenvalue weighted by atomic mass is 10.0. The normalized spacial score (nSPS) is 23.8. The third kappa shape index (κ3) is 1.94. The number of nitrogens with zero attached hydrogens (tertiary/aromatic N) is 1. The quantitative estimate of drug-likeness (QED) is 0.922. The molecule has 2 nitrogen and oxygen atoms in total. The standard InChI is InChI=1S/C14H19BrN2/c1-2-17(10-8-16-9-10)14-7-6-11-12(14)4-3-5-13(11)15/h3-5,10,14,16H,2,6-9H2,1H3. The van der Waals surface area contributed by atoms with E-state index >= 15 is 0 Å². The number of benzene rings is 1. The van der Waals surface area contributed by atoms with Crippen LogP contribution in [0.3, 0.4) is 0 Å². The molecule has 1 aliphatic carbocycles. The van der Waals surface area contributed by atoms with Crippen LogP contribution in [0.5, 0.6) is 0 Å². The molecule has 1 unspecified atom stereocenters. The van der Waals surface area contributed by atoms with E-state index in [9.17, 15) is 0 Å². The van der Waals surface area contributed by atoms with Gasteiger partial charge in [-0.2, -0.15) is 0 Å². The van der Waals surface area contributed by atoms with Crippen LogP contribution in [0, 0.1) is 0 Å². The summed E-state index contributed by atoms with van der Waals surface area (Å²) in [5, 5.41) is 3.38. The van der Waals surface area contributed by atoms with E-state index in [0.717, 1.165) is 25.7 Å². The van der Waals surface area contributed by atoms with Gasteiger partial charge < -0.3 is 5.32 Å². The first-order valence-corrected chi connectivity index (χ1v) is 7.34. The summed E-state index contributed by atoms with van der Waals surface area (Å²) in [4.78, 5) is 2.68. The Morgan fingerprint density at radius 2 is 2.24 bits per heavy atom. The Hall–Kier alpha value is -0.380. The summed E-state index contributed by atoms with van der Waals surface area (Å²) < 4.78 is 1.29. The van der Waals surface area contributed by atoms with Crippen molar-refractivity contribution in [3.63, 3.8) is 0 Å². The van der Waals surface area contributed by atoms with Crippen LogP contribution in [0.2, 0.25) is 0 Å². The Morgan fingerprint density at radius 3 is 2.88 bits per heavy atom. The smallest absolute Gasteiger partial charge is 0.0358 e. The molecule has 1 atom stereocenters. The summed E-state index contributed by atoms with van der Waals surface area (Å²) in [6.45, 7) is 5.76. The molecule has 1 N–H and O–H groups in total. The Bertz CT molecular complexity index is 415. The lowest BCUT2D eigenvalue weighted by Gasteiger charge is -2.41. The van der Waals surface area contributed by atoms with Gasteiger partial charge in [0.05, 0.1) is 0 Å². The predicted molar refractivity (Wildman–Crippen MR) is 74.2 cm³/mol. The van der Waals surface area contributed by atoms with Crippen molar-refractivity contribution in [3.05, 3.63) is 33.8 Å². The summed E-state index contributed by atoms with van der Waals surface area (Å²) in [6.07, 6.45) is 2.50. The van der Waals surface area contributed by atoms with Crippen molar-refractivity contribution in [1.82, 2.24) is 10.2 Å². The van der Waals surface area contributed by atoms with Crippen molar-refractivity contribution in [3.8, 4) is 0 Å². The SMILES string of the molecule is CCN(C1CNC1)C1CCc2c(Br)cccc21. The zero-order valence-electron chi connectivity index (χ0n) is 10.2. The Labute approximate surface area is 112 Å². The maximum Gasteiger partial charge on any atom is 0.0358 e. The van der Waals surface area contributed by atoms with Crippen molar-refractivity contribution < 1.29 is 0 Å². The topological polar surface area (TPSA) is 15.3 Å². The largest absolute Gasteiger partial charge is 0.314 e. The van der Waals surface area contributed by atoms with Crippen molar-refractivity contribution in [2.45, 2.75) is 31.8 Å². The highest BCUT2D eigenvalue weighted by molar-refractivity contribution is 9.10. The van der Waals surface area contributed by atoms with Crippen molar-refractivity contribution in [2.75, 3.05) is 19.6 Å². The molecule has 1 fully saturated rings. The van der Waals surface area contributed by atoms with E-state index < -0.39 is 0 Å². The minimum Gasteiger partial charge on any atom is -0.314 e. The van der Waals surface area contributed by atoms with Crippen LogP contribution in [-0.2, 0) is 6.42 Å². The molecular formula is C14H19BrN2. The molecule has 92 valence electrons. The molecule has 3 heteroatoms. The van der Waals surface area contributed by atoms with Gasteiger partial charge in [-0.3, -0.25) is 4.90 Å². The molecule has 0 radical (unpaired) electrons. The molecule has 3 rings (SSSR count). The fourth-order valence-electron chi connectivity index (χ4n) is 3.17. The number of nitrogens with one attached hydrogen (secondary N) is 1. The Morgan fingerprint density at radius 1 is 1.41 bits per heavy atom. The highest BCUT2D eigenvalue weighted by Gasteiger charge is 2.34. The molecule has 0 bridgehead atoms. The lowest BCUT2D eigenvalue weighted by Crippen LogP contribution is -2.57. The monoisotopic (exact) mass is 294 g/mol. The highest BCUT2D eigenvalue weighted by atomic mass is 79.9. The molecule has 0 spiro atoms. The van der Waals surface area contributed by atoms with E-state index in [4.69, 9.17) is 0 Å². The number of hydrogen-bond acceptors (Lipinski definition) is 2. The maximum atomic E-state index is 3.68. The van der Waals surface area contributed by atoms with Crippen LogP contribution in [0.15, 0.2) is 22.7 Å². The molecular weight excluding hydrogens is 276 g/mol. The molecule has 0 amide bonds. The van der Waals surface area contributed by atoms with Gasteiger partial charge in [-0.05, 0) is 36.6 Å². The van der Waals surface area contributed by atoms with Gasteiger partial charge >= 0.3 is 0 Å². The first-order valence-electron chi connectivity index (χ1n) is 6.55. The van der Waals surface area contributed by atoms with Crippen LogP contribution in [0.4, 0.5) is 0 Å². The van der Waals surface area contributed by atoms with Gasteiger partial charge in [-0.1, -0.05) is 35.0 Å². The summed E-state index contributed by atoms with van der Waals surface area (Å²) in [5.74, 6) is 0. The van der Waals surface area contributed by atoms with Gasteiger partial charge in [0.15, 0.2) is 0 Å². The fourth-order valence-corrected chi connectivity index (χ4v) is 3.75. The number of halogens is 1. The molecule has 17 heavy (non-hydrogen) atoms. The molecule has 0 aromatic heterocycles. The third-order valence-electron chi connectivity index (χ3n) is 4.18. The molecule has 1 saturated heterocycles. The fraction of sp³-hybridized carbons (Fsp3) is 0.571. The van der Waals surface area contributed by atoms with Gasteiger partial charge in [0.2, 0.25) is 0 Å². The van der Waals surface area contributed by atoms with E-state index in [1.165, 1.54) is 22.9 Å². The summed E-state index contributed by atoms with van der Waals surface area (Å²) in [6, 6.07) is 8.04. The van der Waals surface area contributed by atoms with Gasteiger partial charge in [0, 0.05) is 29.6 Å². The van der Waals surface area contributed by atoms with Crippen LogP contribution in [-0.4, -0.2) is 30.6 Å². The second kappa shape index (κ2) is 4.71. The van der Waals surface area contributed by atoms with Crippen molar-refractivity contribution in [1.29, 1.82) is 0 Å². The molecule has 2 aliphatic rings.